The van der Waals surface area contributed by atoms with Crippen LogP contribution in [0.4, 0.5) is 17.6 Å². The number of ether oxygens (including phenoxy) is 1. The van der Waals surface area contributed by atoms with Gasteiger partial charge in [0.15, 0.2) is 23.2 Å². The van der Waals surface area contributed by atoms with E-state index in [4.69, 9.17) is 4.74 Å². The van der Waals surface area contributed by atoms with Gasteiger partial charge in [0.2, 0.25) is 5.82 Å². The summed E-state index contributed by atoms with van der Waals surface area (Å²) in [5, 5.41) is 10.3. The maximum atomic E-state index is 15.0. The highest BCUT2D eigenvalue weighted by molar-refractivity contribution is 5.52. The van der Waals surface area contributed by atoms with Crippen LogP contribution >= 0.6 is 0 Å². The second-order valence-corrected chi connectivity index (χ2v) is 11.0. The Bertz CT molecular complexity index is 1100. The summed E-state index contributed by atoms with van der Waals surface area (Å²) in [6, 6.07) is 6.48. The van der Waals surface area contributed by atoms with E-state index >= 15 is 4.39 Å². The largest absolute Gasteiger partial charge is 0.491 e. The number of hydrogen-bond acceptors (Lipinski definition) is 2. The van der Waals surface area contributed by atoms with Gasteiger partial charge in [0, 0.05) is 5.56 Å². The van der Waals surface area contributed by atoms with Gasteiger partial charge in [-0.2, -0.15) is 4.39 Å². The molecule has 1 atom stereocenters. The average molecular weight is 533 g/mol. The molecular weight excluding hydrogens is 492 g/mol. The summed E-state index contributed by atoms with van der Waals surface area (Å²) in [5.74, 6) is -3.08. The van der Waals surface area contributed by atoms with Crippen LogP contribution in [0.25, 0.3) is 6.08 Å². The van der Waals surface area contributed by atoms with E-state index in [1.165, 1.54) is 6.07 Å². The monoisotopic (exact) mass is 532 g/mol. The fraction of sp³-hybridized carbons (Fsp3) is 0.562. The number of rotatable bonds is 9. The van der Waals surface area contributed by atoms with Crippen LogP contribution < -0.4 is 4.74 Å². The molecule has 2 saturated carbocycles. The predicted octanol–water partition coefficient (Wildman–Crippen LogP) is 9.06. The Hall–Kier alpha value is -2.34. The fourth-order valence-electron chi connectivity index (χ4n) is 6.36. The molecule has 0 spiro atoms. The molecule has 0 heterocycles. The van der Waals surface area contributed by atoms with Crippen molar-refractivity contribution in [1.82, 2.24) is 0 Å². The van der Waals surface area contributed by atoms with Gasteiger partial charge in [0.25, 0.3) is 0 Å². The quantitative estimate of drug-likeness (QED) is 0.327. The Balaban J connectivity index is 1.34. The molecule has 0 aliphatic heterocycles. The van der Waals surface area contributed by atoms with Crippen LogP contribution in [0.5, 0.6) is 5.75 Å². The van der Waals surface area contributed by atoms with Crippen molar-refractivity contribution >= 4 is 6.08 Å². The third-order valence-corrected chi connectivity index (χ3v) is 8.62. The highest BCUT2D eigenvalue weighted by atomic mass is 19.2. The first-order valence-corrected chi connectivity index (χ1v) is 14.3. The molecule has 0 aromatic heterocycles. The minimum Gasteiger partial charge on any atom is -0.491 e. The molecule has 6 heteroatoms. The Morgan fingerprint density at radius 3 is 1.97 bits per heavy atom. The van der Waals surface area contributed by atoms with Crippen molar-refractivity contribution in [1.29, 1.82) is 0 Å². The van der Waals surface area contributed by atoms with Gasteiger partial charge >= 0.3 is 0 Å². The van der Waals surface area contributed by atoms with E-state index in [1.807, 2.05) is 6.08 Å². The predicted molar refractivity (Wildman–Crippen MR) is 143 cm³/mol. The standard InChI is InChI=1S/C32H40F4O2/c1-3-5-27(37)23-14-12-22(13-15-23)25-17-16-24(29(33)30(25)34)11-8-20-6-9-21(10-7-20)26-18-19-28(38-4-2)32(36)31(26)35/h8,11,16-23,27,37H,3-7,9-10,12-15H2,1-2H3/b11-8+. The first-order valence-electron chi connectivity index (χ1n) is 14.3. The number of allylic oxidation sites excluding steroid dienone is 1. The topological polar surface area (TPSA) is 29.5 Å². The molecule has 2 fully saturated rings. The smallest absolute Gasteiger partial charge is 0.200 e. The van der Waals surface area contributed by atoms with Crippen molar-refractivity contribution in [2.75, 3.05) is 6.61 Å². The van der Waals surface area contributed by atoms with E-state index in [9.17, 15) is 18.3 Å². The molecule has 1 unspecified atom stereocenters. The van der Waals surface area contributed by atoms with E-state index in [2.05, 4.69) is 6.92 Å². The normalized spacial score (nSPS) is 25.0. The minimum atomic E-state index is -0.936. The molecule has 2 aromatic carbocycles. The van der Waals surface area contributed by atoms with Crippen LogP contribution in [0.15, 0.2) is 30.3 Å². The lowest BCUT2D eigenvalue weighted by Crippen LogP contribution is -2.25. The maximum Gasteiger partial charge on any atom is 0.200 e. The van der Waals surface area contributed by atoms with Gasteiger partial charge in [-0.1, -0.05) is 43.7 Å². The summed E-state index contributed by atoms with van der Waals surface area (Å²) >= 11 is 0. The summed E-state index contributed by atoms with van der Waals surface area (Å²) < 4.78 is 64.1. The molecule has 0 radical (unpaired) electrons. The van der Waals surface area contributed by atoms with E-state index in [0.717, 1.165) is 51.4 Å². The second kappa shape index (κ2) is 13.1. The summed E-state index contributed by atoms with van der Waals surface area (Å²) in [6.07, 6.45) is 11.1. The van der Waals surface area contributed by atoms with Gasteiger partial charge < -0.3 is 9.84 Å². The van der Waals surface area contributed by atoms with Crippen molar-refractivity contribution in [3.05, 3.63) is 70.3 Å². The molecule has 0 saturated heterocycles. The lowest BCUT2D eigenvalue weighted by Gasteiger charge is -2.32. The molecule has 2 nitrogen and oxygen atoms in total. The number of halogens is 4. The number of hydrogen-bond donors (Lipinski definition) is 1. The molecule has 4 rings (SSSR count). The van der Waals surface area contributed by atoms with Crippen LogP contribution in [0.3, 0.4) is 0 Å². The molecule has 0 amide bonds. The van der Waals surface area contributed by atoms with Gasteiger partial charge in [-0.15, -0.1) is 0 Å². The molecule has 1 N–H and O–H groups in total. The zero-order chi connectivity index (χ0) is 27.2. The molecular formula is C32H40F4O2. The molecule has 0 bridgehead atoms. The Morgan fingerprint density at radius 1 is 0.789 bits per heavy atom. The Morgan fingerprint density at radius 2 is 1.37 bits per heavy atom. The summed E-state index contributed by atoms with van der Waals surface area (Å²) in [7, 11) is 0. The van der Waals surface area contributed by atoms with Gasteiger partial charge in [-0.05, 0) is 106 Å². The summed E-state index contributed by atoms with van der Waals surface area (Å²) in [6.45, 7) is 4.05. The molecule has 38 heavy (non-hydrogen) atoms. The summed E-state index contributed by atoms with van der Waals surface area (Å²) in [5.41, 5.74) is 1.05. The lowest BCUT2D eigenvalue weighted by molar-refractivity contribution is 0.0727. The van der Waals surface area contributed by atoms with Crippen molar-refractivity contribution in [3.8, 4) is 5.75 Å². The number of aliphatic hydroxyl groups excluding tert-OH is 1. The highest BCUT2D eigenvalue weighted by Gasteiger charge is 2.29. The van der Waals surface area contributed by atoms with Crippen molar-refractivity contribution in [2.45, 2.75) is 96.0 Å². The van der Waals surface area contributed by atoms with Crippen LogP contribution in [0.2, 0.25) is 0 Å². The van der Waals surface area contributed by atoms with E-state index in [1.54, 1.807) is 31.2 Å². The zero-order valence-corrected chi connectivity index (χ0v) is 22.5. The Kier molecular flexibility index (Phi) is 9.91. The number of benzene rings is 2. The van der Waals surface area contributed by atoms with Gasteiger partial charge in [0.05, 0.1) is 12.7 Å². The third-order valence-electron chi connectivity index (χ3n) is 8.62. The van der Waals surface area contributed by atoms with Crippen LogP contribution in [-0.4, -0.2) is 17.8 Å². The first-order chi connectivity index (χ1) is 18.3. The average Bonchev–Trinajstić information content (AvgIpc) is 2.93. The van der Waals surface area contributed by atoms with Crippen LogP contribution in [0.1, 0.15) is 107 Å². The second-order valence-electron chi connectivity index (χ2n) is 11.0. The van der Waals surface area contributed by atoms with E-state index in [-0.39, 0.29) is 47.7 Å². The number of aliphatic hydroxyl groups is 1. The summed E-state index contributed by atoms with van der Waals surface area (Å²) in [4.78, 5) is 0. The molecule has 208 valence electrons. The van der Waals surface area contributed by atoms with Gasteiger partial charge in [-0.3, -0.25) is 0 Å². The van der Waals surface area contributed by atoms with E-state index in [0.29, 0.717) is 24.0 Å². The lowest BCUT2D eigenvalue weighted by atomic mass is 9.75. The fourth-order valence-corrected chi connectivity index (χ4v) is 6.36. The van der Waals surface area contributed by atoms with Crippen molar-refractivity contribution in [2.24, 2.45) is 11.8 Å². The van der Waals surface area contributed by atoms with Crippen LogP contribution in [-0.2, 0) is 0 Å². The van der Waals surface area contributed by atoms with Gasteiger partial charge in [0.1, 0.15) is 0 Å². The molecule has 2 aromatic rings. The molecule has 2 aliphatic carbocycles. The zero-order valence-electron chi connectivity index (χ0n) is 22.5. The van der Waals surface area contributed by atoms with Gasteiger partial charge in [-0.25, -0.2) is 13.2 Å². The molecule has 2 aliphatic rings. The van der Waals surface area contributed by atoms with Crippen molar-refractivity contribution in [3.63, 3.8) is 0 Å². The SMILES string of the molecule is CCCC(O)C1CCC(c2ccc(/C=C/C3CCC(c4ccc(OCC)c(F)c4F)CC3)c(F)c2F)CC1. The van der Waals surface area contributed by atoms with E-state index < -0.39 is 23.3 Å². The Labute approximate surface area is 224 Å². The van der Waals surface area contributed by atoms with Crippen LogP contribution in [0, 0.1) is 35.1 Å². The highest BCUT2D eigenvalue weighted by Crippen LogP contribution is 2.41. The maximum absolute atomic E-state index is 15.0. The minimum absolute atomic E-state index is 0.0179. The van der Waals surface area contributed by atoms with Crippen molar-refractivity contribution < 1.29 is 27.4 Å². The first kappa shape index (κ1) is 28.7. The third kappa shape index (κ3) is 6.44.